The van der Waals surface area contributed by atoms with Crippen molar-refractivity contribution in [1.29, 1.82) is 5.26 Å². The second-order valence-electron chi connectivity index (χ2n) is 12.4. The molecule has 0 aromatic heterocycles. The van der Waals surface area contributed by atoms with Crippen molar-refractivity contribution in [1.82, 2.24) is 5.32 Å². The van der Waals surface area contributed by atoms with Crippen molar-refractivity contribution in [2.75, 3.05) is 12.4 Å². The molecule has 7 nitrogen and oxygen atoms in total. The molecule has 222 valence electrons. The van der Waals surface area contributed by atoms with Crippen LogP contribution in [-0.4, -0.2) is 42.3 Å². The molecule has 1 aliphatic heterocycles. The third kappa shape index (κ3) is 5.68. The van der Waals surface area contributed by atoms with E-state index in [-0.39, 0.29) is 28.0 Å². The van der Waals surface area contributed by atoms with E-state index in [1.165, 1.54) is 31.4 Å². The third-order valence-corrected chi connectivity index (χ3v) is 8.24. The molecule has 0 radical (unpaired) electrons. The number of rotatable bonds is 7. The number of halogens is 2. The molecule has 2 aromatic carbocycles. The van der Waals surface area contributed by atoms with Gasteiger partial charge in [-0.25, -0.2) is 13.6 Å². The minimum Gasteiger partial charge on any atom is -0.495 e. The van der Waals surface area contributed by atoms with Gasteiger partial charge in [-0.15, -0.1) is 0 Å². The number of ether oxygens (including phenoxy) is 1. The Morgan fingerprint density at radius 1 is 1.21 bits per heavy atom. The van der Waals surface area contributed by atoms with Gasteiger partial charge in [-0.2, -0.15) is 5.26 Å². The summed E-state index contributed by atoms with van der Waals surface area (Å²) in [7, 11) is 1.35. The maximum absolute atomic E-state index is 16.0. The lowest BCUT2D eigenvalue weighted by Gasteiger charge is -2.43. The maximum Gasteiger partial charge on any atom is 0.335 e. The molecule has 1 heterocycles. The fourth-order valence-corrected chi connectivity index (χ4v) is 6.35. The van der Waals surface area contributed by atoms with E-state index in [9.17, 15) is 20.0 Å². The van der Waals surface area contributed by atoms with Crippen LogP contribution in [-0.2, 0) is 4.79 Å². The molecule has 42 heavy (non-hydrogen) atoms. The summed E-state index contributed by atoms with van der Waals surface area (Å²) in [5.41, 5.74) is -0.482. The molecule has 1 amide bonds. The maximum atomic E-state index is 16.0. The van der Waals surface area contributed by atoms with Gasteiger partial charge in [0.2, 0.25) is 5.91 Å². The topological polar surface area (TPSA) is 111 Å². The van der Waals surface area contributed by atoms with Crippen LogP contribution >= 0.6 is 0 Å². The number of allylic oxidation sites excluding steroid dienone is 4. The van der Waals surface area contributed by atoms with Crippen molar-refractivity contribution in [2.24, 2.45) is 16.7 Å². The normalized spacial score (nSPS) is 27.2. The molecule has 9 heteroatoms. The molecular formula is C33H37F2N3O4. The highest BCUT2D eigenvalue weighted by atomic mass is 19.1. The Morgan fingerprint density at radius 3 is 2.52 bits per heavy atom. The average Bonchev–Trinajstić information content (AvgIpc) is 3.23. The number of nitrogens with zero attached hydrogens (tertiary/aromatic N) is 1. The van der Waals surface area contributed by atoms with E-state index in [1.807, 2.05) is 20.8 Å². The number of carbonyl (C=O) groups is 2. The zero-order valence-corrected chi connectivity index (χ0v) is 24.7. The number of carboxylic acid groups (broad SMARTS) is 1. The van der Waals surface area contributed by atoms with Gasteiger partial charge in [0.25, 0.3) is 0 Å². The SMILES string of the molecule is COc1cc(C(=O)O)ccc1NC(=O)[C@@H]1N[C@@H](CC(C)(C)C)[C@](C#N)(C2C=CC(C)=CC2F)[C@H]1c1cccc(C)c1F. The molecular weight excluding hydrogens is 540 g/mol. The van der Waals surface area contributed by atoms with Crippen LogP contribution in [0.25, 0.3) is 0 Å². The van der Waals surface area contributed by atoms with Crippen LogP contribution in [0.15, 0.2) is 60.2 Å². The first-order chi connectivity index (χ1) is 19.7. The minimum absolute atomic E-state index is 0.0290. The Morgan fingerprint density at radius 2 is 1.93 bits per heavy atom. The van der Waals surface area contributed by atoms with E-state index >= 15 is 8.78 Å². The van der Waals surface area contributed by atoms with E-state index in [1.54, 1.807) is 44.2 Å². The summed E-state index contributed by atoms with van der Waals surface area (Å²) < 4.78 is 37.3. The van der Waals surface area contributed by atoms with E-state index in [2.05, 4.69) is 16.7 Å². The Kier molecular flexibility index (Phi) is 8.60. The fraction of sp³-hybridized carbons (Fsp3) is 0.424. The van der Waals surface area contributed by atoms with Gasteiger partial charge in [-0.05, 0) is 61.1 Å². The van der Waals surface area contributed by atoms with Gasteiger partial charge in [-0.1, -0.05) is 56.7 Å². The van der Waals surface area contributed by atoms with E-state index in [0.29, 0.717) is 12.0 Å². The van der Waals surface area contributed by atoms with Crippen molar-refractivity contribution < 1.29 is 28.2 Å². The van der Waals surface area contributed by atoms with Crippen LogP contribution in [0.2, 0.25) is 0 Å². The van der Waals surface area contributed by atoms with Crippen molar-refractivity contribution >= 4 is 17.6 Å². The van der Waals surface area contributed by atoms with Crippen molar-refractivity contribution in [3.05, 3.63) is 82.7 Å². The summed E-state index contributed by atoms with van der Waals surface area (Å²) in [6.45, 7) is 9.37. The highest BCUT2D eigenvalue weighted by Crippen LogP contribution is 2.56. The van der Waals surface area contributed by atoms with Gasteiger partial charge >= 0.3 is 5.97 Å². The molecule has 0 saturated carbocycles. The van der Waals surface area contributed by atoms with E-state index in [0.717, 1.165) is 5.57 Å². The second kappa shape index (κ2) is 11.7. The summed E-state index contributed by atoms with van der Waals surface area (Å²) >= 11 is 0. The van der Waals surface area contributed by atoms with Crippen LogP contribution in [0.4, 0.5) is 14.5 Å². The number of hydrogen-bond acceptors (Lipinski definition) is 5. The number of anilines is 1. The molecule has 4 rings (SSSR count). The van der Waals surface area contributed by atoms with Crippen LogP contribution in [0.3, 0.4) is 0 Å². The standard InChI is InChI=1S/C33H37F2N3O4/c1-18-10-12-22(23(34)14-18)33(17-36)26(16-32(3,4)5)38-29(27(33)21-9-7-8-19(2)28(21)35)30(39)37-24-13-11-20(31(40)41)15-25(24)42-6/h7-15,22-23,26-27,29,38H,16H2,1-6H3,(H,37,39)(H,40,41)/t22?,23?,26-,27-,29+,33-/m0/s1. The van der Waals surface area contributed by atoms with Gasteiger partial charge in [0.05, 0.1) is 35.9 Å². The zero-order valence-electron chi connectivity index (χ0n) is 24.7. The number of aryl methyl sites for hydroxylation is 1. The summed E-state index contributed by atoms with van der Waals surface area (Å²) in [5, 5.41) is 26.5. The average molecular weight is 578 g/mol. The van der Waals surface area contributed by atoms with Crippen LogP contribution < -0.4 is 15.4 Å². The van der Waals surface area contributed by atoms with Gasteiger partial charge in [0.15, 0.2) is 0 Å². The predicted octanol–water partition coefficient (Wildman–Crippen LogP) is 6.32. The molecule has 3 N–H and O–H groups in total. The number of nitriles is 1. The Hall–Kier alpha value is -4.03. The molecule has 2 aromatic rings. The number of methoxy groups -OCH3 is 1. The largest absolute Gasteiger partial charge is 0.495 e. The van der Waals surface area contributed by atoms with E-state index < -0.39 is 53.2 Å². The van der Waals surface area contributed by atoms with Crippen LogP contribution in [0, 0.1) is 40.8 Å². The molecule has 1 fully saturated rings. The molecule has 6 atom stereocenters. The number of hydrogen-bond donors (Lipinski definition) is 3. The third-order valence-electron chi connectivity index (χ3n) is 8.24. The molecule has 0 bridgehead atoms. The van der Waals surface area contributed by atoms with Crippen LogP contribution in [0.5, 0.6) is 5.75 Å². The van der Waals surface area contributed by atoms with Gasteiger partial charge in [0, 0.05) is 17.9 Å². The summed E-state index contributed by atoms with van der Waals surface area (Å²) in [5.74, 6) is -4.20. The first kappa shape index (κ1) is 30.9. The quantitative estimate of drug-likeness (QED) is 0.355. The van der Waals surface area contributed by atoms with Crippen molar-refractivity contribution in [3.63, 3.8) is 0 Å². The van der Waals surface area contributed by atoms with E-state index in [4.69, 9.17) is 4.74 Å². The summed E-state index contributed by atoms with van der Waals surface area (Å²) in [4.78, 5) is 25.6. The Bertz CT molecular complexity index is 1490. The van der Waals surface area contributed by atoms with Gasteiger partial charge in [-0.3, -0.25) is 4.79 Å². The van der Waals surface area contributed by atoms with Crippen LogP contribution in [0.1, 0.15) is 61.5 Å². The van der Waals surface area contributed by atoms with Crippen molar-refractivity contribution in [2.45, 2.75) is 65.2 Å². The predicted molar refractivity (Wildman–Crippen MR) is 157 cm³/mol. The first-order valence-electron chi connectivity index (χ1n) is 13.9. The number of nitrogens with one attached hydrogen (secondary N) is 2. The number of alkyl halides is 1. The minimum atomic E-state index is -1.55. The number of carboxylic acids is 1. The highest BCUT2D eigenvalue weighted by Gasteiger charge is 2.63. The fourth-order valence-electron chi connectivity index (χ4n) is 6.35. The number of benzene rings is 2. The smallest absolute Gasteiger partial charge is 0.335 e. The first-order valence-corrected chi connectivity index (χ1v) is 13.9. The Labute approximate surface area is 245 Å². The van der Waals surface area contributed by atoms with Crippen molar-refractivity contribution in [3.8, 4) is 11.8 Å². The molecule has 2 aliphatic rings. The second-order valence-corrected chi connectivity index (χ2v) is 12.4. The summed E-state index contributed by atoms with van der Waals surface area (Å²) in [6.07, 6.45) is 3.78. The molecule has 1 saturated heterocycles. The lowest BCUT2D eigenvalue weighted by molar-refractivity contribution is -0.118. The zero-order chi connectivity index (χ0) is 31.0. The summed E-state index contributed by atoms with van der Waals surface area (Å²) in [6, 6.07) is 9.48. The highest BCUT2D eigenvalue weighted by molar-refractivity contribution is 5.98. The lowest BCUT2D eigenvalue weighted by atomic mass is 9.58. The lowest BCUT2D eigenvalue weighted by Crippen LogP contribution is -2.48. The molecule has 1 aliphatic carbocycles. The Balaban J connectivity index is 1.90. The monoisotopic (exact) mass is 577 g/mol. The number of amides is 1. The number of aromatic carboxylic acids is 1. The molecule has 0 spiro atoms. The van der Waals surface area contributed by atoms with Gasteiger partial charge < -0.3 is 20.5 Å². The van der Waals surface area contributed by atoms with Gasteiger partial charge in [0.1, 0.15) is 17.7 Å². The number of carbonyl (C=O) groups excluding carboxylic acids is 1. The molecule has 2 unspecified atom stereocenters.